The topological polar surface area (TPSA) is 47.7 Å². The maximum atomic E-state index is 6.00. The largest absolute Gasteiger partial charge is 0.492 e. The number of hydrogen-bond acceptors (Lipinski definition) is 4. The van der Waals surface area contributed by atoms with E-state index in [-0.39, 0.29) is 0 Å². The monoisotopic (exact) mass is 264 g/mol. The van der Waals surface area contributed by atoms with E-state index in [4.69, 9.17) is 15.2 Å². The van der Waals surface area contributed by atoms with Gasteiger partial charge in [-0.3, -0.25) is 4.90 Å². The summed E-state index contributed by atoms with van der Waals surface area (Å²) >= 11 is 0. The van der Waals surface area contributed by atoms with E-state index in [2.05, 4.69) is 17.9 Å². The van der Waals surface area contributed by atoms with Gasteiger partial charge in [-0.25, -0.2) is 0 Å². The normalized spacial score (nSPS) is 18.2. The number of benzene rings is 1. The molecule has 1 aliphatic heterocycles. The van der Waals surface area contributed by atoms with Gasteiger partial charge in [-0.15, -0.1) is 0 Å². The van der Waals surface area contributed by atoms with Gasteiger partial charge in [0.2, 0.25) is 0 Å². The van der Waals surface area contributed by atoms with E-state index in [0.29, 0.717) is 12.6 Å². The Kier molecular flexibility index (Phi) is 5.05. The van der Waals surface area contributed by atoms with E-state index >= 15 is 0 Å². The molecule has 1 aromatic rings. The van der Waals surface area contributed by atoms with Crippen molar-refractivity contribution in [3.8, 4) is 5.75 Å². The molecule has 1 heterocycles. The van der Waals surface area contributed by atoms with Crippen LogP contribution in [0, 0.1) is 0 Å². The molecule has 1 fully saturated rings. The van der Waals surface area contributed by atoms with Crippen LogP contribution in [-0.4, -0.2) is 43.9 Å². The zero-order valence-corrected chi connectivity index (χ0v) is 11.9. The van der Waals surface area contributed by atoms with Crippen LogP contribution in [0.3, 0.4) is 0 Å². The number of ether oxygens (including phenoxy) is 2. The molecular formula is C15H24N2O2. The number of morpholine rings is 1. The third-order valence-corrected chi connectivity index (χ3v) is 3.57. The second-order valence-corrected chi connectivity index (χ2v) is 5.01. The van der Waals surface area contributed by atoms with Gasteiger partial charge in [0, 0.05) is 19.1 Å². The van der Waals surface area contributed by atoms with Crippen LogP contribution in [-0.2, 0) is 11.2 Å². The number of anilines is 1. The maximum absolute atomic E-state index is 6.00. The smallest absolute Gasteiger partial charge is 0.142 e. The molecule has 4 nitrogen and oxygen atoms in total. The van der Waals surface area contributed by atoms with Crippen molar-refractivity contribution < 1.29 is 9.47 Å². The molecule has 0 radical (unpaired) electrons. The van der Waals surface area contributed by atoms with Crippen LogP contribution in [0.15, 0.2) is 18.2 Å². The second-order valence-electron chi connectivity index (χ2n) is 5.01. The summed E-state index contributed by atoms with van der Waals surface area (Å²) in [5.41, 5.74) is 8.00. The Labute approximate surface area is 115 Å². The zero-order valence-electron chi connectivity index (χ0n) is 11.9. The minimum atomic E-state index is 0.515. The molecule has 1 atom stereocenters. The van der Waals surface area contributed by atoms with Crippen molar-refractivity contribution >= 4 is 5.69 Å². The molecule has 0 amide bonds. The lowest BCUT2D eigenvalue weighted by Gasteiger charge is -2.32. The molecule has 1 aliphatic rings. The standard InChI is InChI=1S/C15H24N2O2/c1-3-19-15-5-4-13(11-14(15)16)10-12(2)17-6-8-18-9-7-17/h4-5,11-12H,3,6-10,16H2,1-2H3. The van der Waals surface area contributed by atoms with Gasteiger partial charge in [0.1, 0.15) is 5.75 Å². The summed E-state index contributed by atoms with van der Waals surface area (Å²) in [6.45, 7) is 8.60. The zero-order chi connectivity index (χ0) is 13.7. The molecule has 0 bridgehead atoms. The number of rotatable bonds is 5. The van der Waals surface area contributed by atoms with Crippen LogP contribution in [0.5, 0.6) is 5.75 Å². The Hall–Kier alpha value is -1.26. The van der Waals surface area contributed by atoms with E-state index in [1.54, 1.807) is 0 Å². The van der Waals surface area contributed by atoms with E-state index in [1.807, 2.05) is 19.1 Å². The highest BCUT2D eigenvalue weighted by Crippen LogP contribution is 2.23. The summed E-state index contributed by atoms with van der Waals surface area (Å²) in [7, 11) is 0. The van der Waals surface area contributed by atoms with E-state index in [0.717, 1.165) is 44.2 Å². The first-order valence-corrected chi connectivity index (χ1v) is 7.03. The molecule has 4 heteroatoms. The van der Waals surface area contributed by atoms with E-state index in [1.165, 1.54) is 5.56 Å². The first-order chi connectivity index (χ1) is 9.20. The van der Waals surface area contributed by atoms with Gasteiger partial charge in [0.05, 0.1) is 25.5 Å². The van der Waals surface area contributed by atoms with Crippen molar-refractivity contribution in [2.75, 3.05) is 38.6 Å². The first kappa shape index (κ1) is 14.2. The Morgan fingerprint density at radius 3 is 2.74 bits per heavy atom. The molecule has 0 spiro atoms. The van der Waals surface area contributed by atoms with Crippen LogP contribution in [0.1, 0.15) is 19.4 Å². The van der Waals surface area contributed by atoms with Crippen molar-refractivity contribution in [2.24, 2.45) is 0 Å². The van der Waals surface area contributed by atoms with Gasteiger partial charge < -0.3 is 15.2 Å². The number of nitrogens with two attached hydrogens (primary N) is 1. The van der Waals surface area contributed by atoms with E-state index < -0.39 is 0 Å². The lowest BCUT2D eigenvalue weighted by Crippen LogP contribution is -2.43. The molecule has 1 aromatic carbocycles. The van der Waals surface area contributed by atoms with Crippen LogP contribution in [0.25, 0.3) is 0 Å². The van der Waals surface area contributed by atoms with E-state index in [9.17, 15) is 0 Å². The maximum Gasteiger partial charge on any atom is 0.142 e. The summed E-state index contributed by atoms with van der Waals surface area (Å²) in [4.78, 5) is 2.47. The SMILES string of the molecule is CCOc1ccc(CC(C)N2CCOCC2)cc1N. The van der Waals surface area contributed by atoms with Gasteiger partial charge in [0.15, 0.2) is 0 Å². The molecular weight excluding hydrogens is 240 g/mol. The Balaban J connectivity index is 1.96. The van der Waals surface area contributed by atoms with Crippen LogP contribution < -0.4 is 10.5 Å². The molecule has 2 N–H and O–H groups in total. The molecule has 0 saturated carbocycles. The minimum Gasteiger partial charge on any atom is -0.492 e. The molecule has 106 valence electrons. The van der Waals surface area contributed by atoms with Gasteiger partial charge in [-0.1, -0.05) is 6.07 Å². The van der Waals surface area contributed by atoms with Gasteiger partial charge in [-0.05, 0) is 38.0 Å². The van der Waals surface area contributed by atoms with Gasteiger partial charge in [0.25, 0.3) is 0 Å². The highest BCUT2D eigenvalue weighted by atomic mass is 16.5. The van der Waals surface area contributed by atoms with Gasteiger partial charge >= 0.3 is 0 Å². The fourth-order valence-electron chi connectivity index (χ4n) is 2.50. The average Bonchev–Trinajstić information content (AvgIpc) is 2.43. The van der Waals surface area contributed by atoms with Crippen molar-refractivity contribution in [2.45, 2.75) is 26.3 Å². The average molecular weight is 264 g/mol. The third kappa shape index (κ3) is 3.85. The fraction of sp³-hybridized carbons (Fsp3) is 0.600. The first-order valence-electron chi connectivity index (χ1n) is 7.03. The van der Waals surface area contributed by atoms with Crippen molar-refractivity contribution in [3.63, 3.8) is 0 Å². The Bertz CT molecular complexity index is 403. The summed E-state index contributed by atoms with van der Waals surface area (Å²) < 4.78 is 10.8. The molecule has 0 aliphatic carbocycles. The molecule has 0 aromatic heterocycles. The van der Waals surface area contributed by atoms with Crippen molar-refractivity contribution in [3.05, 3.63) is 23.8 Å². The lowest BCUT2D eigenvalue weighted by atomic mass is 10.0. The predicted molar refractivity (Wildman–Crippen MR) is 77.6 cm³/mol. The molecule has 2 rings (SSSR count). The highest BCUT2D eigenvalue weighted by molar-refractivity contribution is 5.54. The minimum absolute atomic E-state index is 0.515. The van der Waals surface area contributed by atoms with Crippen molar-refractivity contribution in [1.29, 1.82) is 0 Å². The molecule has 1 unspecified atom stereocenters. The third-order valence-electron chi connectivity index (χ3n) is 3.57. The highest BCUT2D eigenvalue weighted by Gasteiger charge is 2.17. The lowest BCUT2D eigenvalue weighted by molar-refractivity contribution is 0.0203. The number of nitrogens with zero attached hydrogens (tertiary/aromatic N) is 1. The van der Waals surface area contributed by atoms with Crippen LogP contribution in [0.4, 0.5) is 5.69 Å². The molecule has 1 saturated heterocycles. The van der Waals surface area contributed by atoms with Crippen LogP contribution >= 0.6 is 0 Å². The quantitative estimate of drug-likeness (QED) is 0.826. The van der Waals surface area contributed by atoms with Crippen LogP contribution in [0.2, 0.25) is 0 Å². The summed E-state index contributed by atoms with van der Waals surface area (Å²) in [5, 5.41) is 0. The summed E-state index contributed by atoms with van der Waals surface area (Å²) in [5.74, 6) is 0.783. The number of nitrogen functional groups attached to an aromatic ring is 1. The summed E-state index contributed by atoms with van der Waals surface area (Å²) in [6.07, 6.45) is 1.01. The Morgan fingerprint density at radius 2 is 2.11 bits per heavy atom. The molecule has 19 heavy (non-hydrogen) atoms. The van der Waals surface area contributed by atoms with Gasteiger partial charge in [-0.2, -0.15) is 0 Å². The summed E-state index contributed by atoms with van der Waals surface area (Å²) in [6, 6.07) is 6.63. The van der Waals surface area contributed by atoms with Crippen molar-refractivity contribution in [1.82, 2.24) is 4.90 Å². The number of hydrogen-bond donors (Lipinski definition) is 1. The second kappa shape index (κ2) is 6.78. The Morgan fingerprint density at radius 1 is 1.37 bits per heavy atom. The fourth-order valence-corrected chi connectivity index (χ4v) is 2.50. The predicted octanol–water partition coefficient (Wildman–Crippen LogP) is 1.93.